The van der Waals surface area contributed by atoms with Gasteiger partial charge in [-0.2, -0.15) is 4.98 Å². The van der Waals surface area contributed by atoms with Crippen LogP contribution in [0.1, 0.15) is 37.1 Å². The smallest absolute Gasteiger partial charge is 0.249 e. The molecule has 8 heteroatoms. The van der Waals surface area contributed by atoms with E-state index in [9.17, 15) is 4.79 Å². The first-order valence-electron chi connectivity index (χ1n) is 9.08. The SMILES string of the molecule is CCCN1C(=O)[C@@H](C)N(Cc2ncc(C)c(OC)c2C)c2nc(N)ncc21. The zero-order valence-electron chi connectivity index (χ0n) is 16.5. The minimum Gasteiger partial charge on any atom is -0.496 e. The summed E-state index contributed by atoms with van der Waals surface area (Å²) in [6.07, 6.45) is 4.26. The number of rotatable bonds is 5. The summed E-state index contributed by atoms with van der Waals surface area (Å²) in [5, 5.41) is 0. The van der Waals surface area contributed by atoms with Crippen molar-refractivity contribution >= 4 is 23.4 Å². The van der Waals surface area contributed by atoms with Gasteiger partial charge in [-0.3, -0.25) is 9.78 Å². The predicted octanol–water partition coefficient (Wildman–Crippen LogP) is 2.23. The lowest BCUT2D eigenvalue weighted by molar-refractivity contribution is -0.119. The van der Waals surface area contributed by atoms with Crippen molar-refractivity contribution in [1.29, 1.82) is 0 Å². The van der Waals surface area contributed by atoms with Gasteiger partial charge in [-0.05, 0) is 27.2 Å². The molecule has 0 saturated heterocycles. The van der Waals surface area contributed by atoms with E-state index in [4.69, 9.17) is 10.5 Å². The highest BCUT2D eigenvalue weighted by Gasteiger charge is 2.37. The number of fused-ring (bicyclic) bond motifs is 1. The Bertz CT molecular complexity index is 870. The summed E-state index contributed by atoms with van der Waals surface area (Å²) in [6.45, 7) is 8.90. The van der Waals surface area contributed by atoms with E-state index < -0.39 is 0 Å². The molecule has 0 saturated carbocycles. The zero-order chi connectivity index (χ0) is 19.7. The van der Waals surface area contributed by atoms with Crippen LogP contribution >= 0.6 is 0 Å². The minimum atomic E-state index is -0.383. The third-order valence-electron chi connectivity index (χ3n) is 4.94. The Balaban J connectivity index is 2.06. The molecule has 27 heavy (non-hydrogen) atoms. The third-order valence-corrected chi connectivity index (χ3v) is 4.94. The Morgan fingerprint density at radius 2 is 2.00 bits per heavy atom. The fraction of sp³-hybridized carbons (Fsp3) is 0.474. The monoisotopic (exact) mass is 370 g/mol. The van der Waals surface area contributed by atoms with Crippen molar-refractivity contribution in [2.75, 3.05) is 29.2 Å². The number of pyridine rings is 1. The molecule has 0 spiro atoms. The summed E-state index contributed by atoms with van der Waals surface area (Å²) in [5.41, 5.74) is 9.30. The fourth-order valence-electron chi connectivity index (χ4n) is 3.50. The van der Waals surface area contributed by atoms with E-state index in [1.54, 1.807) is 24.4 Å². The number of aromatic nitrogens is 3. The van der Waals surface area contributed by atoms with E-state index in [2.05, 4.69) is 15.0 Å². The number of hydrogen-bond donors (Lipinski definition) is 1. The Kier molecular flexibility index (Phi) is 5.16. The lowest BCUT2D eigenvalue weighted by atomic mass is 10.1. The van der Waals surface area contributed by atoms with Gasteiger partial charge < -0.3 is 20.3 Å². The van der Waals surface area contributed by atoms with E-state index in [-0.39, 0.29) is 17.9 Å². The second kappa shape index (κ2) is 7.38. The number of amides is 1. The van der Waals surface area contributed by atoms with Crippen molar-refractivity contribution < 1.29 is 9.53 Å². The molecule has 144 valence electrons. The van der Waals surface area contributed by atoms with Gasteiger partial charge in [0.15, 0.2) is 5.82 Å². The summed E-state index contributed by atoms with van der Waals surface area (Å²) in [4.78, 5) is 29.8. The third kappa shape index (κ3) is 3.27. The van der Waals surface area contributed by atoms with Gasteiger partial charge in [0.2, 0.25) is 11.9 Å². The summed E-state index contributed by atoms with van der Waals surface area (Å²) in [7, 11) is 1.65. The fourth-order valence-corrected chi connectivity index (χ4v) is 3.50. The van der Waals surface area contributed by atoms with Crippen molar-refractivity contribution in [3.63, 3.8) is 0 Å². The molecule has 3 heterocycles. The van der Waals surface area contributed by atoms with Gasteiger partial charge >= 0.3 is 0 Å². The van der Waals surface area contributed by atoms with Crippen LogP contribution in [-0.4, -0.2) is 40.6 Å². The number of carbonyl (C=O) groups excluding carboxylic acids is 1. The first kappa shape index (κ1) is 18.9. The molecular weight excluding hydrogens is 344 g/mol. The van der Waals surface area contributed by atoms with Crippen molar-refractivity contribution in [1.82, 2.24) is 15.0 Å². The zero-order valence-corrected chi connectivity index (χ0v) is 16.5. The van der Waals surface area contributed by atoms with Crippen LogP contribution in [0.5, 0.6) is 5.75 Å². The van der Waals surface area contributed by atoms with Gasteiger partial charge in [-0.15, -0.1) is 0 Å². The molecule has 0 unspecified atom stereocenters. The second-order valence-electron chi connectivity index (χ2n) is 6.78. The molecule has 1 atom stereocenters. The molecule has 0 aliphatic carbocycles. The molecule has 0 aromatic carbocycles. The number of ether oxygens (including phenoxy) is 1. The molecule has 2 N–H and O–H groups in total. The molecule has 3 rings (SSSR count). The lowest BCUT2D eigenvalue weighted by Gasteiger charge is -2.40. The highest BCUT2D eigenvalue weighted by molar-refractivity contribution is 6.04. The van der Waals surface area contributed by atoms with Crippen molar-refractivity contribution in [3.8, 4) is 5.75 Å². The maximum Gasteiger partial charge on any atom is 0.249 e. The molecule has 1 amide bonds. The quantitative estimate of drug-likeness (QED) is 0.862. The maximum atomic E-state index is 13.0. The summed E-state index contributed by atoms with van der Waals surface area (Å²) >= 11 is 0. The van der Waals surface area contributed by atoms with Gasteiger partial charge in [-0.1, -0.05) is 6.92 Å². The Hall–Kier alpha value is -2.90. The normalized spacial score (nSPS) is 16.5. The van der Waals surface area contributed by atoms with Crippen LogP contribution < -0.4 is 20.3 Å². The van der Waals surface area contributed by atoms with Crippen LogP contribution in [0.2, 0.25) is 0 Å². The second-order valence-corrected chi connectivity index (χ2v) is 6.78. The molecule has 1 aliphatic heterocycles. The highest BCUT2D eigenvalue weighted by Crippen LogP contribution is 2.36. The van der Waals surface area contributed by atoms with Gasteiger partial charge in [0, 0.05) is 23.9 Å². The average Bonchev–Trinajstić information content (AvgIpc) is 2.64. The van der Waals surface area contributed by atoms with Gasteiger partial charge in [0.1, 0.15) is 17.5 Å². The Labute approximate surface area is 159 Å². The van der Waals surface area contributed by atoms with Crippen molar-refractivity contribution in [2.24, 2.45) is 0 Å². The van der Waals surface area contributed by atoms with E-state index >= 15 is 0 Å². The van der Waals surface area contributed by atoms with Gasteiger partial charge in [-0.25, -0.2) is 4.98 Å². The standard InChI is InChI=1S/C19H26N6O2/c1-6-7-24-15-9-22-19(20)23-17(15)25(13(4)18(24)26)10-14-12(3)16(27-5)11(2)8-21-14/h8-9,13H,6-7,10H2,1-5H3,(H2,20,22,23)/t13-/m1/s1. The number of nitrogens with zero attached hydrogens (tertiary/aromatic N) is 5. The summed E-state index contributed by atoms with van der Waals surface area (Å²) in [6, 6.07) is -0.383. The van der Waals surface area contributed by atoms with Crippen molar-refractivity contribution in [2.45, 2.75) is 46.7 Å². The number of hydrogen-bond acceptors (Lipinski definition) is 7. The molecule has 0 fully saturated rings. The van der Waals surface area contributed by atoms with E-state index in [0.29, 0.717) is 24.6 Å². The number of anilines is 3. The number of methoxy groups -OCH3 is 1. The van der Waals surface area contributed by atoms with Gasteiger partial charge in [0.05, 0.1) is 25.5 Å². The molecule has 2 aromatic rings. The predicted molar refractivity (Wildman–Crippen MR) is 105 cm³/mol. The molecule has 1 aliphatic rings. The van der Waals surface area contributed by atoms with Crippen LogP contribution in [0.15, 0.2) is 12.4 Å². The lowest BCUT2D eigenvalue weighted by Crippen LogP contribution is -2.52. The molecule has 2 aromatic heterocycles. The summed E-state index contributed by atoms with van der Waals surface area (Å²) in [5.74, 6) is 1.67. The first-order chi connectivity index (χ1) is 12.9. The average molecular weight is 370 g/mol. The topological polar surface area (TPSA) is 97.5 Å². The van der Waals surface area contributed by atoms with E-state index in [0.717, 1.165) is 29.0 Å². The first-order valence-corrected chi connectivity index (χ1v) is 9.08. The largest absolute Gasteiger partial charge is 0.496 e. The molecule has 0 bridgehead atoms. The van der Waals surface area contributed by atoms with Crippen LogP contribution in [0, 0.1) is 13.8 Å². The molecule has 0 radical (unpaired) electrons. The van der Waals surface area contributed by atoms with E-state index in [1.165, 1.54) is 0 Å². The van der Waals surface area contributed by atoms with Crippen LogP contribution in [-0.2, 0) is 11.3 Å². The minimum absolute atomic E-state index is 0.0226. The summed E-state index contributed by atoms with van der Waals surface area (Å²) < 4.78 is 5.51. The number of carbonyl (C=O) groups is 1. The van der Waals surface area contributed by atoms with Crippen LogP contribution in [0.4, 0.5) is 17.5 Å². The highest BCUT2D eigenvalue weighted by atomic mass is 16.5. The van der Waals surface area contributed by atoms with Gasteiger partial charge in [0.25, 0.3) is 0 Å². The molecular formula is C19H26N6O2. The Morgan fingerprint density at radius 3 is 2.67 bits per heavy atom. The Morgan fingerprint density at radius 1 is 1.26 bits per heavy atom. The van der Waals surface area contributed by atoms with Crippen molar-refractivity contribution in [3.05, 3.63) is 29.2 Å². The number of nitrogen functional groups attached to an aromatic ring is 1. The van der Waals surface area contributed by atoms with E-state index in [1.807, 2.05) is 32.6 Å². The maximum absolute atomic E-state index is 13.0. The van der Waals surface area contributed by atoms with Crippen LogP contribution in [0.3, 0.4) is 0 Å². The van der Waals surface area contributed by atoms with Crippen LogP contribution in [0.25, 0.3) is 0 Å². The molecule has 8 nitrogen and oxygen atoms in total. The number of aryl methyl sites for hydroxylation is 1. The number of nitrogens with two attached hydrogens (primary N) is 1.